The number of ether oxygens (including phenoxy) is 1. The van der Waals surface area contributed by atoms with Gasteiger partial charge in [-0.1, -0.05) is 12.1 Å². The number of pyridine rings is 1. The van der Waals surface area contributed by atoms with E-state index in [1.165, 1.54) is 5.69 Å². The van der Waals surface area contributed by atoms with Crippen LogP contribution in [0.4, 0.5) is 11.6 Å². The Balaban J connectivity index is 1.70. The minimum absolute atomic E-state index is 0.256. The topological polar surface area (TPSA) is 68.7 Å². The van der Waals surface area contributed by atoms with Gasteiger partial charge >= 0.3 is 0 Å². The number of nitrogens with two attached hydrogens (primary N) is 1. The van der Waals surface area contributed by atoms with Crippen LogP contribution in [0.3, 0.4) is 0 Å². The van der Waals surface area contributed by atoms with Crippen molar-refractivity contribution >= 4 is 17.3 Å². The van der Waals surface area contributed by atoms with Gasteiger partial charge in [-0.05, 0) is 23.8 Å². The van der Waals surface area contributed by atoms with Gasteiger partial charge in [-0.15, -0.1) is 5.10 Å². The Labute approximate surface area is 122 Å². The highest BCUT2D eigenvalue weighted by atomic mass is 16.5. The number of benzene rings is 1. The molecule has 1 aromatic carbocycles. The Kier molecular flexibility index (Phi) is 3.35. The summed E-state index contributed by atoms with van der Waals surface area (Å²) in [5.41, 5.74) is 8.51. The summed E-state index contributed by atoms with van der Waals surface area (Å²) in [5, 5.41) is 4.02. The van der Waals surface area contributed by atoms with Crippen LogP contribution >= 0.6 is 0 Å². The van der Waals surface area contributed by atoms with E-state index >= 15 is 0 Å². The summed E-state index contributed by atoms with van der Waals surface area (Å²) in [7, 11) is 4.04. The van der Waals surface area contributed by atoms with Crippen molar-refractivity contribution in [3.63, 3.8) is 0 Å². The van der Waals surface area contributed by atoms with Gasteiger partial charge in [0.2, 0.25) is 5.95 Å². The highest BCUT2D eigenvalue weighted by molar-refractivity contribution is 5.47. The van der Waals surface area contributed by atoms with Crippen molar-refractivity contribution in [2.24, 2.45) is 0 Å². The lowest BCUT2D eigenvalue weighted by atomic mass is 10.2. The van der Waals surface area contributed by atoms with Crippen LogP contribution in [0.2, 0.25) is 0 Å². The highest BCUT2D eigenvalue weighted by Gasteiger charge is 2.03. The van der Waals surface area contributed by atoms with Crippen LogP contribution in [0, 0.1) is 0 Å². The molecule has 0 amide bonds. The first-order chi connectivity index (χ1) is 10.1. The van der Waals surface area contributed by atoms with Gasteiger partial charge in [0, 0.05) is 32.0 Å². The van der Waals surface area contributed by atoms with Crippen LogP contribution in [0.15, 0.2) is 42.6 Å². The van der Waals surface area contributed by atoms with Crippen molar-refractivity contribution in [3.05, 3.63) is 48.2 Å². The van der Waals surface area contributed by atoms with Crippen LogP contribution in [0.1, 0.15) is 5.56 Å². The number of rotatable bonds is 4. The number of hydrogen-bond acceptors (Lipinski definition) is 5. The fourth-order valence-electron chi connectivity index (χ4n) is 2.03. The number of aromatic nitrogens is 3. The normalized spacial score (nSPS) is 10.8. The van der Waals surface area contributed by atoms with E-state index in [2.05, 4.69) is 39.2 Å². The first-order valence-corrected chi connectivity index (χ1v) is 6.63. The molecule has 3 aromatic rings. The molecule has 3 rings (SSSR count). The monoisotopic (exact) mass is 283 g/mol. The average molecular weight is 283 g/mol. The quantitative estimate of drug-likeness (QED) is 0.792. The zero-order valence-electron chi connectivity index (χ0n) is 12.0. The molecular weight excluding hydrogens is 266 g/mol. The summed E-state index contributed by atoms with van der Waals surface area (Å²) in [6, 6.07) is 11.9. The van der Waals surface area contributed by atoms with Crippen molar-refractivity contribution in [1.82, 2.24) is 14.6 Å². The molecule has 0 unspecified atom stereocenters. The number of fused-ring (bicyclic) bond motifs is 1. The standard InChI is InChI=1S/C15H17N5O/c1-19(2)12-5-3-11(4-6-12)10-21-13-7-8-20-14(9-13)17-15(16)18-20/h3-9H,10H2,1-2H3,(H2,16,18). The molecule has 0 bridgehead atoms. The van der Waals surface area contributed by atoms with Gasteiger partial charge in [0.15, 0.2) is 5.65 Å². The van der Waals surface area contributed by atoms with E-state index in [0.717, 1.165) is 11.3 Å². The third-order valence-corrected chi connectivity index (χ3v) is 3.18. The Morgan fingerprint density at radius 1 is 1.19 bits per heavy atom. The molecule has 0 saturated heterocycles. The number of nitrogens with zero attached hydrogens (tertiary/aromatic N) is 4. The molecule has 2 N–H and O–H groups in total. The predicted molar refractivity (Wildman–Crippen MR) is 82.5 cm³/mol. The molecule has 0 saturated carbocycles. The molecule has 0 aliphatic heterocycles. The largest absolute Gasteiger partial charge is 0.489 e. The molecule has 0 aliphatic carbocycles. The summed E-state index contributed by atoms with van der Waals surface area (Å²) in [6.07, 6.45) is 1.78. The molecule has 0 atom stereocenters. The fourth-order valence-corrected chi connectivity index (χ4v) is 2.03. The van der Waals surface area contributed by atoms with Gasteiger partial charge < -0.3 is 15.4 Å². The molecule has 0 radical (unpaired) electrons. The first-order valence-electron chi connectivity index (χ1n) is 6.63. The zero-order valence-corrected chi connectivity index (χ0v) is 12.0. The van der Waals surface area contributed by atoms with Gasteiger partial charge in [0.05, 0.1) is 0 Å². The Morgan fingerprint density at radius 2 is 1.95 bits per heavy atom. The van der Waals surface area contributed by atoms with Gasteiger partial charge in [0.1, 0.15) is 12.4 Å². The lowest BCUT2D eigenvalue weighted by Crippen LogP contribution is -2.08. The van der Waals surface area contributed by atoms with Crippen LogP contribution in [0.25, 0.3) is 5.65 Å². The SMILES string of the molecule is CN(C)c1ccc(COc2ccn3nc(N)nc3c2)cc1. The van der Waals surface area contributed by atoms with Crippen LogP contribution in [0.5, 0.6) is 5.75 Å². The van der Waals surface area contributed by atoms with E-state index in [1.807, 2.05) is 26.2 Å². The van der Waals surface area contributed by atoms with E-state index in [0.29, 0.717) is 12.3 Å². The Hall–Kier alpha value is -2.76. The molecule has 0 spiro atoms. The molecule has 2 heterocycles. The lowest BCUT2D eigenvalue weighted by molar-refractivity contribution is 0.306. The molecule has 6 nitrogen and oxygen atoms in total. The molecule has 0 fully saturated rings. The van der Waals surface area contributed by atoms with Crippen LogP contribution < -0.4 is 15.4 Å². The number of nitrogen functional groups attached to an aromatic ring is 1. The molecule has 6 heteroatoms. The number of hydrogen-bond donors (Lipinski definition) is 1. The van der Waals surface area contributed by atoms with Crippen molar-refractivity contribution in [3.8, 4) is 5.75 Å². The van der Waals surface area contributed by atoms with E-state index in [1.54, 1.807) is 10.7 Å². The minimum atomic E-state index is 0.256. The maximum absolute atomic E-state index is 5.77. The van der Waals surface area contributed by atoms with Gasteiger partial charge in [0.25, 0.3) is 0 Å². The van der Waals surface area contributed by atoms with Crippen molar-refractivity contribution in [1.29, 1.82) is 0 Å². The average Bonchev–Trinajstić information content (AvgIpc) is 2.84. The second-order valence-electron chi connectivity index (χ2n) is 4.98. The van der Waals surface area contributed by atoms with E-state index < -0.39 is 0 Å². The van der Waals surface area contributed by atoms with E-state index in [4.69, 9.17) is 10.5 Å². The van der Waals surface area contributed by atoms with Gasteiger partial charge in [-0.2, -0.15) is 4.98 Å². The van der Waals surface area contributed by atoms with Crippen molar-refractivity contribution in [2.45, 2.75) is 6.61 Å². The third kappa shape index (κ3) is 2.89. The van der Waals surface area contributed by atoms with Crippen molar-refractivity contribution < 1.29 is 4.74 Å². The van der Waals surface area contributed by atoms with Gasteiger partial charge in [-0.3, -0.25) is 0 Å². The molecule has 21 heavy (non-hydrogen) atoms. The zero-order chi connectivity index (χ0) is 14.8. The second-order valence-corrected chi connectivity index (χ2v) is 4.98. The third-order valence-electron chi connectivity index (χ3n) is 3.18. The summed E-state index contributed by atoms with van der Waals surface area (Å²) >= 11 is 0. The Morgan fingerprint density at radius 3 is 2.67 bits per heavy atom. The van der Waals surface area contributed by atoms with E-state index in [9.17, 15) is 0 Å². The fraction of sp³-hybridized carbons (Fsp3) is 0.200. The summed E-state index contributed by atoms with van der Waals surface area (Å²) < 4.78 is 7.39. The first kappa shape index (κ1) is 13.2. The second kappa shape index (κ2) is 5.32. The van der Waals surface area contributed by atoms with E-state index in [-0.39, 0.29) is 5.95 Å². The molecule has 108 valence electrons. The summed E-state index contributed by atoms with van der Waals surface area (Å²) in [5.74, 6) is 0.998. The minimum Gasteiger partial charge on any atom is -0.489 e. The molecular formula is C15H17N5O. The lowest BCUT2D eigenvalue weighted by Gasteiger charge is -2.13. The van der Waals surface area contributed by atoms with Gasteiger partial charge in [-0.25, -0.2) is 4.52 Å². The summed E-state index contributed by atoms with van der Waals surface area (Å²) in [6.45, 7) is 0.507. The maximum Gasteiger partial charge on any atom is 0.240 e. The van der Waals surface area contributed by atoms with Crippen LogP contribution in [-0.2, 0) is 6.61 Å². The highest BCUT2D eigenvalue weighted by Crippen LogP contribution is 2.17. The Bertz CT molecular complexity index is 748. The maximum atomic E-state index is 5.77. The molecule has 0 aliphatic rings. The van der Waals surface area contributed by atoms with Crippen LogP contribution in [-0.4, -0.2) is 28.7 Å². The number of anilines is 2. The smallest absolute Gasteiger partial charge is 0.240 e. The summed E-state index contributed by atoms with van der Waals surface area (Å²) in [4.78, 5) is 6.17. The van der Waals surface area contributed by atoms with Crippen molar-refractivity contribution in [2.75, 3.05) is 24.7 Å². The predicted octanol–water partition coefficient (Wildman–Crippen LogP) is 1.96. The molecule has 2 aromatic heterocycles.